The fourth-order valence-corrected chi connectivity index (χ4v) is 5.47. The van der Waals surface area contributed by atoms with Crippen molar-refractivity contribution < 1.29 is 22.4 Å². The number of carbonyl (C=O) groups excluding carboxylic acids is 2. The standard InChI is InChI=1S/C28H28FN5O4S/c29-23-16-19(17-30)13-14-22(23)18-32-27(35)24-12-7-15-34(24)28(36)26(33-39(31,37)38)25(20-8-3-1-4-9-20)21-10-5-2-6-11-21/h1-6,8-11,13-14,16,24-26,33H,7,12,15,18H2,(H,32,35)(H2,31,37,38)/t24-,26+/m0/s1. The van der Waals surface area contributed by atoms with E-state index in [-0.39, 0.29) is 24.2 Å². The highest BCUT2D eigenvalue weighted by Crippen LogP contribution is 2.31. The van der Waals surface area contributed by atoms with Crippen LogP contribution in [-0.2, 0) is 26.3 Å². The average Bonchev–Trinajstić information content (AvgIpc) is 3.42. The molecule has 4 rings (SSSR count). The van der Waals surface area contributed by atoms with Crippen molar-refractivity contribution in [2.24, 2.45) is 5.14 Å². The lowest BCUT2D eigenvalue weighted by molar-refractivity contribution is -0.140. The summed E-state index contributed by atoms with van der Waals surface area (Å²) in [7, 11) is -4.32. The molecule has 1 heterocycles. The van der Waals surface area contributed by atoms with E-state index in [0.717, 1.165) is 6.07 Å². The van der Waals surface area contributed by atoms with Crippen molar-refractivity contribution >= 4 is 22.0 Å². The summed E-state index contributed by atoms with van der Waals surface area (Å²) in [5.74, 6) is -2.44. The first kappa shape index (κ1) is 27.9. The summed E-state index contributed by atoms with van der Waals surface area (Å²) < 4.78 is 41.1. The van der Waals surface area contributed by atoms with Gasteiger partial charge in [0.2, 0.25) is 11.8 Å². The molecule has 0 saturated carbocycles. The van der Waals surface area contributed by atoms with Crippen LogP contribution in [0.3, 0.4) is 0 Å². The third-order valence-electron chi connectivity index (χ3n) is 6.68. The average molecular weight is 550 g/mol. The summed E-state index contributed by atoms with van der Waals surface area (Å²) in [5, 5.41) is 16.9. The second-order valence-electron chi connectivity index (χ2n) is 9.27. The molecule has 1 aliphatic rings. The van der Waals surface area contributed by atoms with Gasteiger partial charge < -0.3 is 10.2 Å². The Bertz CT molecular complexity index is 1440. The zero-order valence-electron chi connectivity index (χ0n) is 21.0. The highest BCUT2D eigenvalue weighted by molar-refractivity contribution is 7.87. The zero-order chi connectivity index (χ0) is 28.0. The first-order valence-corrected chi connectivity index (χ1v) is 13.9. The number of nitriles is 1. The van der Waals surface area contributed by atoms with Crippen LogP contribution in [0.4, 0.5) is 4.39 Å². The molecule has 0 radical (unpaired) electrons. The van der Waals surface area contributed by atoms with Crippen LogP contribution < -0.4 is 15.2 Å². The third kappa shape index (κ3) is 6.86. The van der Waals surface area contributed by atoms with Crippen molar-refractivity contribution in [2.75, 3.05) is 6.54 Å². The lowest BCUT2D eigenvalue weighted by Gasteiger charge is -2.33. The third-order valence-corrected chi connectivity index (χ3v) is 7.26. The molecule has 1 aliphatic heterocycles. The number of hydrogen-bond donors (Lipinski definition) is 3. The molecule has 0 unspecified atom stereocenters. The fourth-order valence-electron chi connectivity index (χ4n) is 4.88. The quantitative estimate of drug-likeness (QED) is 0.375. The molecule has 0 spiro atoms. The molecule has 3 aromatic rings. The number of benzene rings is 3. The Morgan fingerprint density at radius 1 is 1.05 bits per heavy atom. The molecule has 39 heavy (non-hydrogen) atoms. The first-order chi connectivity index (χ1) is 18.7. The van der Waals surface area contributed by atoms with Crippen molar-refractivity contribution in [2.45, 2.75) is 37.4 Å². The van der Waals surface area contributed by atoms with Gasteiger partial charge in [-0.25, -0.2) is 9.53 Å². The Hall–Kier alpha value is -4.11. The fraction of sp³-hybridized carbons (Fsp3) is 0.250. The van der Waals surface area contributed by atoms with Crippen LogP contribution in [0.1, 0.15) is 41.0 Å². The summed E-state index contributed by atoms with van der Waals surface area (Å²) in [4.78, 5) is 28.5. The number of halogens is 1. The molecule has 202 valence electrons. The van der Waals surface area contributed by atoms with Crippen LogP contribution in [0.5, 0.6) is 0 Å². The maximum Gasteiger partial charge on any atom is 0.275 e. The Morgan fingerprint density at radius 3 is 2.21 bits per heavy atom. The molecule has 9 nitrogen and oxygen atoms in total. The predicted octanol–water partition coefficient (Wildman–Crippen LogP) is 2.30. The second-order valence-corrected chi connectivity index (χ2v) is 10.6. The van der Waals surface area contributed by atoms with Crippen LogP contribution in [-0.4, -0.2) is 43.8 Å². The number of carbonyl (C=O) groups is 2. The van der Waals surface area contributed by atoms with Crippen LogP contribution in [0.15, 0.2) is 78.9 Å². The highest BCUT2D eigenvalue weighted by Gasteiger charge is 2.42. The van der Waals surface area contributed by atoms with Gasteiger partial charge in [-0.3, -0.25) is 9.59 Å². The maximum absolute atomic E-state index is 14.3. The number of nitrogens with one attached hydrogen (secondary N) is 2. The lowest BCUT2D eigenvalue weighted by atomic mass is 9.84. The zero-order valence-corrected chi connectivity index (χ0v) is 21.8. The number of amides is 2. The molecule has 11 heteroatoms. The van der Waals surface area contributed by atoms with Crippen LogP contribution in [0, 0.1) is 17.1 Å². The van der Waals surface area contributed by atoms with E-state index in [1.165, 1.54) is 17.0 Å². The molecular weight excluding hydrogens is 521 g/mol. The summed E-state index contributed by atoms with van der Waals surface area (Å²) in [6, 6.07) is 21.6. The van der Waals surface area contributed by atoms with E-state index in [4.69, 9.17) is 10.4 Å². The number of nitrogens with zero attached hydrogens (tertiary/aromatic N) is 2. The van der Waals surface area contributed by atoms with Crippen molar-refractivity contribution in [3.05, 3.63) is 107 Å². The normalized spacial score (nSPS) is 16.1. The van der Waals surface area contributed by atoms with Crippen molar-refractivity contribution in [3.8, 4) is 6.07 Å². The van der Waals surface area contributed by atoms with E-state index >= 15 is 0 Å². The van der Waals surface area contributed by atoms with E-state index in [1.54, 1.807) is 48.5 Å². The van der Waals surface area contributed by atoms with Gasteiger partial charge in [0.1, 0.15) is 17.9 Å². The Morgan fingerprint density at radius 2 is 1.67 bits per heavy atom. The largest absolute Gasteiger partial charge is 0.350 e. The number of hydrogen-bond acceptors (Lipinski definition) is 5. The van der Waals surface area contributed by atoms with Gasteiger partial charge in [0.05, 0.1) is 11.6 Å². The van der Waals surface area contributed by atoms with E-state index in [2.05, 4.69) is 10.0 Å². The van der Waals surface area contributed by atoms with E-state index in [1.807, 2.05) is 18.2 Å². The van der Waals surface area contributed by atoms with Gasteiger partial charge >= 0.3 is 0 Å². The minimum absolute atomic E-state index is 0.135. The first-order valence-electron chi connectivity index (χ1n) is 12.3. The molecule has 2 amide bonds. The maximum atomic E-state index is 14.3. The van der Waals surface area contributed by atoms with Gasteiger partial charge in [-0.05, 0) is 36.1 Å². The summed E-state index contributed by atoms with van der Waals surface area (Å²) in [6.45, 7) is 0.103. The van der Waals surface area contributed by atoms with Gasteiger partial charge in [-0.15, -0.1) is 0 Å². The number of nitrogens with two attached hydrogens (primary N) is 1. The predicted molar refractivity (Wildman–Crippen MR) is 142 cm³/mol. The monoisotopic (exact) mass is 549 g/mol. The lowest BCUT2D eigenvalue weighted by Crippen LogP contribution is -2.56. The van der Waals surface area contributed by atoms with Gasteiger partial charge in [0, 0.05) is 24.6 Å². The van der Waals surface area contributed by atoms with Gasteiger partial charge in [0.25, 0.3) is 10.2 Å². The van der Waals surface area contributed by atoms with Crippen LogP contribution in [0.2, 0.25) is 0 Å². The molecule has 1 fully saturated rings. The van der Waals surface area contributed by atoms with Crippen molar-refractivity contribution in [1.29, 1.82) is 5.26 Å². The highest BCUT2D eigenvalue weighted by atomic mass is 32.2. The number of likely N-dealkylation sites (tertiary alicyclic amines) is 1. The van der Waals surface area contributed by atoms with Gasteiger partial charge in [-0.2, -0.15) is 18.4 Å². The molecule has 0 bridgehead atoms. The van der Waals surface area contributed by atoms with E-state index < -0.39 is 45.8 Å². The summed E-state index contributed by atoms with van der Waals surface area (Å²) in [5.41, 5.74) is 1.74. The second kappa shape index (κ2) is 12.2. The summed E-state index contributed by atoms with van der Waals surface area (Å²) in [6.07, 6.45) is 0.884. The molecule has 0 aromatic heterocycles. The van der Waals surface area contributed by atoms with E-state index in [9.17, 15) is 22.4 Å². The summed E-state index contributed by atoms with van der Waals surface area (Å²) >= 11 is 0. The van der Waals surface area contributed by atoms with Crippen molar-refractivity contribution in [1.82, 2.24) is 14.9 Å². The molecule has 2 atom stereocenters. The van der Waals surface area contributed by atoms with Crippen LogP contribution >= 0.6 is 0 Å². The van der Waals surface area contributed by atoms with Crippen molar-refractivity contribution in [3.63, 3.8) is 0 Å². The molecule has 4 N–H and O–H groups in total. The minimum Gasteiger partial charge on any atom is -0.350 e. The topological polar surface area (TPSA) is 145 Å². The minimum atomic E-state index is -4.32. The van der Waals surface area contributed by atoms with Crippen LogP contribution in [0.25, 0.3) is 0 Å². The Balaban J connectivity index is 1.61. The van der Waals surface area contributed by atoms with Gasteiger partial charge in [0.15, 0.2) is 0 Å². The molecular formula is C28H28FN5O4S. The Kier molecular flexibility index (Phi) is 8.71. The SMILES string of the molecule is N#Cc1ccc(CNC(=O)[C@@H]2CCCN2C(=O)[C@H](NS(N)(=O)=O)C(c2ccccc2)c2ccccc2)c(F)c1. The molecule has 0 aliphatic carbocycles. The molecule has 3 aromatic carbocycles. The smallest absolute Gasteiger partial charge is 0.275 e. The number of rotatable bonds is 9. The molecule has 1 saturated heterocycles. The van der Waals surface area contributed by atoms with Gasteiger partial charge in [-0.1, -0.05) is 66.7 Å². The van der Waals surface area contributed by atoms with E-state index in [0.29, 0.717) is 24.0 Å². The Labute approximate surface area is 226 Å².